The Hall–Kier alpha value is -1.91. The van der Waals surface area contributed by atoms with E-state index in [1.807, 2.05) is 32.3 Å². The normalized spacial score (nSPS) is 12.6. The van der Waals surface area contributed by atoms with Crippen LogP contribution in [0.25, 0.3) is 0 Å². The second-order valence-electron chi connectivity index (χ2n) is 5.29. The van der Waals surface area contributed by atoms with Crippen LogP contribution in [0.1, 0.15) is 17.2 Å². The summed E-state index contributed by atoms with van der Waals surface area (Å²) in [6.07, 6.45) is 0. The van der Waals surface area contributed by atoms with E-state index in [0.29, 0.717) is 18.7 Å². The van der Waals surface area contributed by atoms with E-state index in [-0.39, 0.29) is 17.6 Å². The minimum atomic E-state index is -0.336. The molecular formula is C17H21FN2O. The summed E-state index contributed by atoms with van der Waals surface area (Å²) in [5.41, 5.74) is 1.79. The molecule has 1 atom stereocenters. The summed E-state index contributed by atoms with van der Waals surface area (Å²) in [6, 6.07) is 14.4. The van der Waals surface area contributed by atoms with E-state index < -0.39 is 0 Å². The zero-order valence-corrected chi connectivity index (χ0v) is 12.4. The standard InChI is InChI=1S/C17H21FN2O/c1-20(2)16(13-6-4-3-5-7-13)12-19-11-14-10-15(18)8-9-17(14)21/h3-10,16,19,21H,11-12H2,1-2H3. The van der Waals surface area contributed by atoms with Gasteiger partial charge in [0.05, 0.1) is 0 Å². The van der Waals surface area contributed by atoms with E-state index >= 15 is 0 Å². The van der Waals surface area contributed by atoms with E-state index in [1.165, 1.54) is 23.8 Å². The molecule has 2 N–H and O–H groups in total. The number of benzene rings is 2. The summed E-state index contributed by atoms with van der Waals surface area (Å²) in [6.45, 7) is 1.15. The quantitative estimate of drug-likeness (QED) is 0.858. The van der Waals surface area contributed by atoms with Crippen molar-refractivity contribution < 1.29 is 9.50 Å². The van der Waals surface area contributed by atoms with Gasteiger partial charge in [0.2, 0.25) is 0 Å². The number of nitrogens with one attached hydrogen (secondary N) is 1. The first kappa shape index (κ1) is 15.5. The lowest BCUT2D eigenvalue weighted by molar-refractivity contribution is 0.288. The Bertz CT molecular complexity index is 572. The van der Waals surface area contributed by atoms with Gasteiger partial charge < -0.3 is 15.3 Å². The zero-order valence-electron chi connectivity index (χ0n) is 12.4. The minimum Gasteiger partial charge on any atom is -0.508 e. The predicted molar refractivity (Wildman–Crippen MR) is 82.6 cm³/mol. The van der Waals surface area contributed by atoms with Gasteiger partial charge in [-0.1, -0.05) is 30.3 Å². The van der Waals surface area contributed by atoms with E-state index in [0.717, 1.165) is 0 Å². The van der Waals surface area contributed by atoms with Crippen LogP contribution in [-0.2, 0) is 6.54 Å². The summed E-state index contributed by atoms with van der Waals surface area (Å²) in [5, 5.41) is 13.0. The van der Waals surface area contributed by atoms with Crippen molar-refractivity contribution in [2.75, 3.05) is 20.6 Å². The van der Waals surface area contributed by atoms with Crippen LogP contribution in [0.4, 0.5) is 4.39 Å². The summed E-state index contributed by atoms with van der Waals surface area (Å²) in [4.78, 5) is 2.13. The van der Waals surface area contributed by atoms with Crippen LogP contribution in [0.2, 0.25) is 0 Å². The van der Waals surface area contributed by atoms with Gasteiger partial charge in [0.25, 0.3) is 0 Å². The summed E-state index contributed by atoms with van der Waals surface area (Å²) < 4.78 is 13.2. The third-order valence-corrected chi connectivity index (χ3v) is 3.50. The molecular weight excluding hydrogens is 267 g/mol. The molecule has 4 heteroatoms. The third kappa shape index (κ3) is 4.28. The number of hydrogen-bond donors (Lipinski definition) is 2. The Kier molecular flexibility index (Phi) is 5.31. The third-order valence-electron chi connectivity index (χ3n) is 3.50. The SMILES string of the molecule is CN(C)C(CNCc1cc(F)ccc1O)c1ccccc1. The molecule has 0 saturated carbocycles. The van der Waals surface area contributed by atoms with Crippen molar-refractivity contribution in [3.63, 3.8) is 0 Å². The van der Waals surface area contributed by atoms with Crippen LogP contribution in [0.3, 0.4) is 0 Å². The molecule has 0 heterocycles. The first-order chi connectivity index (χ1) is 10.1. The van der Waals surface area contributed by atoms with Gasteiger partial charge >= 0.3 is 0 Å². The lowest BCUT2D eigenvalue weighted by Gasteiger charge is -2.25. The Balaban J connectivity index is 1.98. The molecule has 0 aromatic heterocycles. The molecule has 2 aromatic rings. The Morgan fingerprint density at radius 2 is 1.86 bits per heavy atom. The van der Waals surface area contributed by atoms with Crippen molar-refractivity contribution in [1.29, 1.82) is 0 Å². The maximum Gasteiger partial charge on any atom is 0.123 e. The molecule has 0 aliphatic rings. The largest absolute Gasteiger partial charge is 0.508 e. The molecule has 0 spiro atoms. The summed E-state index contributed by atoms with van der Waals surface area (Å²) in [7, 11) is 4.05. The Morgan fingerprint density at radius 3 is 2.52 bits per heavy atom. The molecule has 0 aliphatic heterocycles. The van der Waals surface area contributed by atoms with Crippen molar-refractivity contribution in [2.24, 2.45) is 0 Å². The highest BCUT2D eigenvalue weighted by Gasteiger charge is 2.13. The number of nitrogens with zero attached hydrogens (tertiary/aromatic N) is 1. The molecule has 2 rings (SSSR count). The maximum absolute atomic E-state index is 13.2. The van der Waals surface area contributed by atoms with Crippen molar-refractivity contribution in [3.05, 3.63) is 65.5 Å². The smallest absolute Gasteiger partial charge is 0.123 e. The topological polar surface area (TPSA) is 35.5 Å². The highest BCUT2D eigenvalue weighted by molar-refractivity contribution is 5.32. The fourth-order valence-electron chi connectivity index (χ4n) is 2.31. The molecule has 0 bridgehead atoms. The number of halogens is 1. The van der Waals surface area contributed by atoms with Crippen LogP contribution in [0, 0.1) is 5.82 Å². The molecule has 112 valence electrons. The predicted octanol–water partition coefficient (Wildman–Crippen LogP) is 2.92. The lowest BCUT2D eigenvalue weighted by Crippen LogP contribution is -2.30. The van der Waals surface area contributed by atoms with Crippen molar-refractivity contribution in [2.45, 2.75) is 12.6 Å². The van der Waals surface area contributed by atoms with Crippen LogP contribution < -0.4 is 5.32 Å². The van der Waals surface area contributed by atoms with Gasteiger partial charge in [0.1, 0.15) is 11.6 Å². The molecule has 2 aromatic carbocycles. The molecule has 0 radical (unpaired) electrons. The molecule has 21 heavy (non-hydrogen) atoms. The first-order valence-corrected chi connectivity index (χ1v) is 6.97. The Labute approximate surface area is 125 Å². The average molecular weight is 288 g/mol. The van der Waals surface area contributed by atoms with E-state index in [1.54, 1.807) is 0 Å². The van der Waals surface area contributed by atoms with Crippen LogP contribution in [0.5, 0.6) is 5.75 Å². The maximum atomic E-state index is 13.2. The number of likely N-dealkylation sites (N-methyl/N-ethyl adjacent to an activating group) is 1. The van der Waals surface area contributed by atoms with Gasteiger partial charge in [0, 0.05) is 24.7 Å². The second-order valence-corrected chi connectivity index (χ2v) is 5.29. The van der Waals surface area contributed by atoms with Gasteiger partial charge in [-0.05, 0) is 37.9 Å². The minimum absolute atomic E-state index is 0.116. The summed E-state index contributed by atoms with van der Waals surface area (Å²) in [5.74, 6) is -0.221. The number of phenols is 1. The van der Waals surface area contributed by atoms with Gasteiger partial charge in [0.15, 0.2) is 0 Å². The van der Waals surface area contributed by atoms with Crippen molar-refractivity contribution >= 4 is 0 Å². The molecule has 3 nitrogen and oxygen atoms in total. The second kappa shape index (κ2) is 7.20. The van der Waals surface area contributed by atoms with Crippen molar-refractivity contribution in [1.82, 2.24) is 10.2 Å². The molecule has 0 aliphatic carbocycles. The van der Waals surface area contributed by atoms with E-state index in [4.69, 9.17) is 0 Å². The number of hydrogen-bond acceptors (Lipinski definition) is 3. The van der Waals surface area contributed by atoms with E-state index in [9.17, 15) is 9.50 Å². The van der Waals surface area contributed by atoms with Gasteiger partial charge in [-0.3, -0.25) is 0 Å². The number of aromatic hydroxyl groups is 1. The molecule has 0 saturated heterocycles. The highest BCUT2D eigenvalue weighted by Crippen LogP contribution is 2.19. The number of phenolic OH excluding ortho intramolecular Hbond substituents is 1. The lowest BCUT2D eigenvalue weighted by atomic mass is 10.1. The average Bonchev–Trinajstić information content (AvgIpc) is 2.47. The molecule has 0 amide bonds. The van der Waals surface area contributed by atoms with Crippen LogP contribution in [-0.4, -0.2) is 30.6 Å². The molecule has 1 unspecified atom stereocenters. The highest BCUT2D eigenvalue weighted by atomic mass is 19.1. The van der Waals surface area contributed by atoms with Crippen molar-refractivity contribution in [3.8, 4) is 5.75 Å². The Morgan fingerprint density at radius 1 is 1.14 bits per heavy atom. The van der Waals surface area contributed by atoms with Gasteiger partial charge in [-0.25, -0.2) is 4.39 Å². The fraction of sp³-hybridized carbons (Fsp3) is 0.294. The van der Waals surface area contributed by atoms with Crippen LogP contribution in [0.15, 0.2) is 48.5 Å². The molecule has 0 fully saturated rings. The number of rotatable bonds is 6. The van der Waals surface area contributed by atoms with Gasteiger partial charge in [-0.15, -0.1) is 0 Å². The van der Waals surface area contributed by atoms with Crippen LogP contribution >= 0.6 is 0 Å². The zero-order chi connectivity index (χ0) is 15.2. The van der Waals surface area contributed by atoms with Gasteiger partial charge in [-0.2, -0.15) is 0 Å². The fourth-order valence-corrected chi connectivity index (χ4v) is 2.31. The monoisotopic (exact) mass is 288 g/mol. The first-order valence-electron chi connectivity index (χ1n) is 6.97. The summed E-state index contributed by atoms with van der Waals surface area (Å²) >= 11 is 0. The van der Waals surface area contributed by atoms with E-state index in [2.05, 4.69) is 22.3 Å².